The van der Waals surface area contributed by atoms with E-state index in [-0.39, 0.29) is 5.56 Å². The molecule has 0 bridgehead atoms. The van der Waals surface area contributed by atoms with Gasteiger partial charge in [-0.2, -0.15) is 5.10 Å². The monoisotopic (exact) mass is 502 g/mol. The molecular formula is C28H34N6O3. The summed E-state index contributed by atoms with van der Waals surface area (Å²) in [6.07, 6.45) is 6.77. The minimum absolute atomic E-state index is 0.0968. The fourth-order valence-corrected chi connectivity index (χ4v) is 5.55. The summed E-state index contributed by atoms with van der Waals surface area (Å²) in [7, 11) is 0. The van der Waals surface area contributed by atoms with Crippen LogP contribution in [0.1, 0.15) is 56.5 Å². The molecule has 2 fully saturated rings. The van der Waals surface area contributed by atoms with Gasteiger partial charge in [-0.15, -0.1) is 0 Å². The van der Waals surface area contributed by atoms with Crippen LogP contribution in [0.3, 0.4) is 0 Å². The molecule has 6 heterocycles. The number of hydrogen-bond donors (Lipinski definition) is 0. The number of nitrogens with zero attached hydrogens (tertiary/aromatic N) is 6. The summed E-state index contributed by atoms with van der Waals surface area (Å²) in [6.45, 7) is 11.4. The van der Waals surface area contributed by atoms with Gasteiger partial charge in [-0.25, -0.2) is 9.50 Å². The van der Waals surface area contributed by atoms with Crippen LogP contribution < -0.4 is 5.56 Å². The Morgan fingerprint density at radius 1 is 1.03 bits per heavy atom. The van der Waals surface area contributed by atoms with E-state index in [4.69, 9.17) is 14.5 Å². The van der Waals surface area contributed by atoms with Crippen molar-refractivity contribution in [3.8, 4) is 11.4 Å². The van der Waals surface area contributed by atoms with Gasteiger partial charge in [0.1, 0.15) is 11.3 Å². The van der Waals surface area contributed by atoms with E-state index in [2.05, 4.69) is 28.0 Å². The van der Waals surface area contributed by atoms with Gasteiger partial charge in [0.2, 0.25) is 0 Å². The Hall–Kier alpha value is -3.14. The van der Waals surface area contributed by atoms with Crippen LogP contribution in [-0.2, 0) is 15.9 Å². The summed E-state index contributed by atoms with van der Waals surface area (Å²) in [4.78, 5) is 25.0. The van der Waals surface area contributed by atoms with Crippen LogP contribution in [0.5, 0.6) is 0 Å². The molecule has 6 rings (SSSR count). The van der Waals surface area contributed by atoms with Crippen molar-refractivity contribution >= 4 is 11.2 Å². The Labute approximate surface area is 216 Å². The zero-order valence-corrected chi connectivity index (χ0v) is 22.0. The van der Waals surface area contributed by atoms with Crippen LogP contribution in [-0.4, -0.2) is 67.0 Å². The smallest absolute Gasteiger partial charge is 0.258 e. The van der Waals surface area contributed by atoms with E-state index in [0.29, 0.717) is 42.2 Å². The normalized spacial score (nSPS) is 19.7. The van der Waals surface area contributed by atoms with Gasteiger partial charge >= 0.3 is 0 Å². The van der Waals surface area contributed by atoms with Gasteiger partial charge < -0.3 is 9.47 Å². The maximum Gasteiger partial charge on any atom is 0.258 e. The van der Waals surface area contributed by atoms with E-state index >= 15 is 0 Å². The van der Waals surface area contributed by atoms with Crippen molar-refractivity contribution < 1.29 is 9.47 Å². The van der Waals surface area contributed by atoms with Crippen LogP contribution in [0.2, 0.25) is 0 Å². The Balaban J connectivity index is 1.21. The van der Waals surface area contributed by atoms with Crippen molar-refractivity contribution in [1.29, 1.82) is 0 Å². The molecule has 0 amide bonds. The van der Waals surface area contributed by atoms with E-state index in [1.165, 1.54) is 5.56 Å². The third kappa shape index (κ3) is 4.67. The number of rotatable bonds is 4. The molecule has 0 saturated carbocycles. The number of likely N-dealkylation sites (tertiary alicyclic amines) is 1. The molecule has 0 N–H and O–H groups in total. The number of pyridine rings is 1. The van der Waals surface area contributed by atoms with E-state index in [1.807, 2.05) is 49.8 Å². The summed E-state index contributed by atoms with van der Waals surface area (Å²) < 4.78 is 15.2. The van der Waals surface area contributed by atoms with Gasteiger partial charge in [-0.05, 0) is 76.7 Å². The van der Waals surface area contributed by atoms with Crippen LogP contribution in [0.4, 0.5) is 0 Å². The number of aromatic nitrogens is 5. The highest BCUT2D eigenvalue weighted by atomic mass is 16.7. The van der Waals surface area contributed by atoms with Gasteiger partial charge in [-0.3, -0.25) is 19.1 Å². The lowest BCUT2D eigenvalue weighted by Gasteiger charge is -2.42. The van der Waals surface area contributed by atoms with Crippen molar-refractivity contribution in [3.05, 3.63) is 64.0 Å². The molecule has 194 valence electrons. The van der Waals surface area contributed by atoms with Crippen LogP contribution in [0.25, 0.3) is 22.6 Å². The highest BCUT2D eigenvalue weighted by Gasteiger charge is 2.33. The Bertz CT molecular complexity index is 1510. The fourth-order valence-electron chi connectivity index (χ4n) is 5.55. The molecule has 2 aliphatic heterocycles. The maximum absolute atomic E-state index is 13.2. The van der Waals surface area contributed by atoms with E-state index in [1.54, 1.807) is 10.5 Å². The molecule has 2 aliphatic rings. The first kappa shape index (κ1) is 24.2. The van der Waals surface area contributed by atoms with Crippen molar-refractivity contribution in [3.63, 3.8) is 0 Å². The third-order valence-electron chi connectivity index (χ3n) is 7.70. The zero-order chi connectivity index (χ0) is 25.7. The van der Waals surface area contributed by atoms with Crippen LogP contribution in [0.15, 0.2) is 41.5 Å². The summed E-state index contributed by atoms with van der Waals surface area (Å²) in [6, 6.07) is 7.93. The van der Waals surface area contributed by atoms with Crippen molar-refractivity contribution in [2.24, 2.45) is 0 Å². The lowest BCUT2D eigenvalue weighted by Crippen LogP contribution is -2.52. The SMILES string of the molecule is CCc1nc(C)cn2nc(-c3cc(=O)n4cc(C5CCN(C6COC(C)(C)OC6)CC5)ccc4n3)cc12. The lowest BCUT2D eigenvalue weighted by atomic mass is 9.90. The molecule has 37 heavy (non-hydrogen) atoms. The van der Waals surface area contributed by atoms with Gasteiger partial charge in [0, 0.05) is 12.3 Å². The molecule has 0 atom stereocenters. The van der Waals surface area contributed by atoms with Crippen molar-refractivity contribution in [1.82, 2.24) is 28.9 Å². The zero-order valence-electron chi connectivity index (χ0n) is 22.0. The minimum Gasteiger partial charge on any atom is -0.349 e. The predicted octanol–water partition coefficient (Wildman–Crippen LogP) is 3.61. The minimum atomic E-state index is -0.485. The standard InChI is InChI=1S/C28H34N6O3/c1-5-22-25-12-24(31-34(25)14-18(2)29-22)23-13-27(35)33-15-20(6-7-26(33)30-23)19-8-10-32(11-9-19)21-16-36-28(3,4)37-17-21/h6-7,12-15,19,21H,5,8-11,16-17H2,1-4H3. The molecule has 0 aromatic carbocycles. The lowest BCUT2D eigenvalue weighted by molar-refractivity contribution is -0.264. The average Bonchev–Trinajstić information content (AvgIpc) is 3.32. The highest BCUT2D eigenvalue weighted by Crippen LogP contribution is 2.30. The van der Waals surface area contributed by atoms with E-state index < -0.39 is 5.79 Å². The largest absolute Gasteiger partial charge is 0.349 e. The number of hydrogen-bond acceptors (Lipinski definition) is 7. The average molecular weight is 503 g/mol. The Kier molecular flexibility index (Phi) is 6.09. The van der Waals surface area contributed by atoms with E-state index in [9.17, 15) is 4.79 Å². The van der Waals surface area contributed by atoms with Crippen LogP contribution >= 0.6 is 0 Å². The second kappa shape index (κ2) is 9.31. The molecule has 9 heteroatoms. The third-order valence-corrected chi connectivity index (χ3v) is 7.70. The van der Waals surface area contributed by atoms with E-state index in [0.717, 1.165) is 49.3 Å². The molecule has 2 saturated heterocycles. The second-order valence-corrected chi connectivity index (χ2v) is 10.7. The van der Waals surface area contributed by atoms with Gasteiger partial charge in [0.25, 0.3) is 5.56 Å². The first-order chi connectivity index (χ1) is 17.8. The first-order valence-corrected chi connectivity index (χ1v) is 13.2. The molecule has 0 spiro atoms. The predicted molar refractivity (Wildman–Crippen MR) is 141 cm³/mol. The number of fused-ring (bicyclic) bond motifs is 2. The highest BCUT2D eigenvalue weighted by molar-refractivity contribution is 5.66. The van der Waals surface area contributed by atoms with Crippen LogP contribution in [0, 0.1) is 6.92 Å². The number of ether oxygens (including phenoxy) is 2. The molecule has 0 radical (unpaired) electrons. The molecule has 4 aromatic heterocycles. The maximum atomic E-state index is 13.2. The van der Waals surface area contributed by atoms with Gasteiger partial charge in [0.05, 0.1) is 48.1 Å². The molecule has 4 aromatic rings. The van der Waals surface area contributed by atoms with Gasteiger partial charge in [-0.1, -0.05) is 13.0 Å². The Morgan fingerprint density at radius 3 is 2.51 bits per heavy atom. The Morgan fingerprint density at radius 2 is 1.78 bits per heavy atom. The molecule has 0 aliphatic carbocycles. The van der Waals surface area contributed by atoms with Crippen molar-refractivity contribution in [2.45, 2.75) is 64.7 Å². The van der Waals surface area contributed by atoms with Crippen molar-refractivity contribution in [2.75, 3.05) is 26.3 Å². The summed E-state index contributed by atoms with van der Waals surface area (Å²) in [5.41, 5.74) is 5.81. The summed E-state index contributed by atoms with van der Waals surface area (Å²) in [5.74, 6) is -0.0724. The summed E-state index contributed by atoms with van der Waals surface area (Å²) >= 11 is 0. The topological polar surface area (TPSA) is 86.3 Å². The number of piperidine rings is 1. The second-order valence-electron chi connectivity index (χ2n) is 10.7. The summed E-state index contributed by atoms with van der Waals surface area (Å²) in [5, 5.41) is 4.69. The quantitative estimate of drug-likeness (QED) is 0.421. The number of aryl methyl sites for hydroxylation is 2. The van der Waals surface area contributed by atoms with Gasteiger partial charge in [0.15, 0.2) is 5.79 Å². The molecule has 9 nitrogen and oxygen atoms in total. The first-order valence-electron chi connectivity index (χ1n) is 13.2. The fraction of sp³-hybridized carbons (Fsp3) is 0.500. The molecule has 0 unspecified atom stereocenters. The molecular weight excluding hydrogens is 468 g/mol.